The van der Waals surface area contributed by atoms with Crippen LogP contribution in [0.25, 0.3) is 0 Å². The molecule has 3 rings (SSSR count). The van der Waals surface area contributed by atoms with Gasteiger partial charge in [0.2, 0.25) is 5.91 Å². The molecular formula is C18H25N3O2. The summed E-state index contributed by atoms with van der Waals surface area (Å²) in [6.45, 7) is 4.82. The van der Waals surface area contributed by atoms with Crippen LogP contribution < -0.4 is 5.73 Å². The van der Waals surface area contributed by atoms with Crippen molar-refractivity contribution < 1.29 is 9.59 Å². The van der Waals surface area contributed by atoms with Gasteiger partial charge in [0.25, 0.3) is 5.91 Å². The SMILES string of the molecule is NC(=O)c1ccc(C(=O)N2CCCN(CC3CCC3)CC2)cc1. The van der Waals surface area contributed by atoms with E-state index in [-0.39, 0.29) is 5.91 Å². The summed E-state index contributed by atoms with van der Waals surface area (Å²) in [6.07, 6.45) is 5.14. The summed E-state index contributed by atoms with van der Waals surface area (Å²) >= 11 is 0. The van der Waals surface area contributed by atoms with E-state index in [1.165, 1.54) is 25.8 Å². The highest BCUT2D eigenvalue weighted by Crippen LogP contribution is 2.27. The Labute approximate surface area is 137 Å². The average molecular weight is 315 g/mol. The standard InChI is InChI=1S/C18H25N3O2/c19-17(22)15-5-7-16(8-6-15)18(23)21-10-2-9-20(11-12-21)13-14-3-1-4-14/h5-8,14H,1-4,9-13H2,(H2,19,22). The monoisotopic (exact) mass is 315 g/mol. The lowest BCUT2D eigenvalue weighted by molar-refractivity contribution is 0.0758. The fraction of sp³-hybridized carbons (Fsp3) is 0.556. The molecule has 2 N–H and O–H groups in total. The predicted octanol–water partition coefficient (Wildman–Crippen LogP) is 1.73. The van der Waals surface area contributed by atoms with Crippen LogP contribution in [0.15, 0.2) is 24.3 Å². The van der Waals surface area contributed by atoms with Gasteiger partial charge in [0.05, 0.1) is 0 Å². The average Bonchev–Trinajstić information content (AvgIpc) is 2.76. The van der Waals surface area contributed by atoms with Crippen molar-refractivity contribution in [3.63, 3.8) is 0 Å². The molecule has 1 heterocycles. The predicted molar refractivity (Wildman–Crippen MR) is 89.3 cm³/mol. The van der Waals surface area contributed by atoms with E-state index in [1.807, 2.05) is 4.90 Å². The third-order valence-electron chi connectivity index (χ3n) is 5.03. The Morgan fingerprint density at radius 1 is 0.957 bits per heavy atom. The number of primary amides is 1. The van der Waals surface area contributed by atoms with E-state index in [2.05, 4.69) is 4.90 Å². The number of hydrogen-bond acceptors (Lipinski definition) is 3. The smallest absolute Gasteiger partial charge is 0.253 e. The molecule has 5 nitrogen and oxygen atoms in total. The van der Waals surface area contributed by atoms with Gasteiger partial charge in [-0.15, -0.1) is 0 Å². The molecule has 1 saturated heterocycles. The number of carbonyl (C=O) groups is 2. The lowest BCUT2D eigenvalue weighted by atomic mass is 9.85. The summed E-state index contributed by atoms with van der Waals surface area (Å²) in [5.74, 6) is 0.454. The first-order valence-electron chi connectivity index (χ1n) is 8.55. The van der Waals surface area contributed by atoms with Gasteiger partial charge < -0.3 is 15.5 Å². The van der Waals surface area contributed by atoms with Crippen molar-refractivity contribution in [2.75, 3.05) is 32.7 Å². The molecule has 0 spiro atoms. The van der Waals surface area contributed by atoms with Crippen LogP contribution in [-0.4, -0.2) is 54.3 Å². The van der Waals surface area contributed by atoms with Gasteiger partial charge >= 0.3 is 0 Å². The number of nitrogens with two attached hydrogens (primary N) is 1. The third kappa shape index (κ3) is 3.91. The Hall–Kier alpha value is -1.88. The molecule has 23 heavy (non-hydrogen) atoms. The molecule has 1 saturated carbocycles. The second-order valence-electron chi connectivity index (χ2n) is 6.68. The van der Waals surface area contributed by atoms with Crippen LogP contribution in [-0.2, 0) is 0 Å². The Morgan fingerprint density at radius 3 is 2.26 bits per heavy atom. The minimum Gasteiger partial charge on any atom is -0.366 e. The highest BCUT2D eigenvalue weighted by Gasteiger charge is 2.24. The maximum Gasteiger partial charge on any atom is 0.253 e. The molecule has 124 valence electrons. The molecule has 0 radical (unpaired) electrons. The quantitative estimate of drug-likeness (QED) is 0.920. The normalized spacial score (nSPS) is 19.9. The summed E-state index contributed by atoms with van der Waals surface area (Å²) in [5, 5.41) is 0. The van der Waals surface area contributed by atoms with Crippen molar-refractivity contribution in [2.45, 2.75) is 25.7 Å². The summed E-state index contributed by atoms with van der Waals surface area (Å²) in [6, 6.07) is 6.63. The molecule has 2 aliphatic rings. The van der Waals surface area contributed by atoms with Crippen LogP contribution in [0, 0.1) is 5.92 Å². The molecule has 0 atom stereocenters. The van der Waals surface area contributed by atoms with E-state index in [0.29, 0.717) is 11.1 Å². The number of carbonyl (C=O) groups excluding carboxylic acids is 2. The van der Waals surface area contributed by atoms with Crippen LogP contribution in [0.5, 0.6) is 0 Å². The molecule has 2 fully saturated rings. The number of nitrogens with zero attached hydrogens (tertiary/aromatic N) is 2. The molecule has 2 amide bonds. The van der Waals surface area contributed by atoms with Gasteiger partial charge in [0.15, 0.2) is 0 Å². The Balaban J connectivity index is 1.57. The van der Waals surface area contributed by atoms with Crippen LogP contribution in [0.4, 0.5) is 0 Å². The molecule has 1 aromatic carbocycles. The lowest BCUT2D eigenvalue weighted by Gasteiger charge is -2.31. The fourth-order valence-electron chi connectivity index (χ4n) is 3.36. The zero-order valence-electron chi connectivity index (χ0n) is 13.5. The minimum absolute atomic E-state index is 0.0477. The van der Waals surface area contributed by atoms with Gasteiger partial charge in [-0.2, -0.15) is 0 Å². The zero-order chi connectivity index (χ0) is 16.2. The molecule has 5 heteroatoms. The van der Waals surface area contributed by atoms with E-state index in [0.717, 1.165) is 38.5 Å². The molecular weight excluding hydrogens is 290 g/mol. The van der Waals surface area contributed by atoms with Crippen LogP contribution >= 0.6 is 0 Å². The molecule has 1 aliphatic heterocycles. The number of rotatable bonds is 4. The van der Waals surface area contributed by atoms with Crippen molar-refractivity contribution in [2.24, 2.45) is 11.7 Å². The Morgan fingerprint density at radius 2 is 1.65 bits per heavy atom. The molecule has 0 unspecified atom stereocenters. The van der Waals surface area contributed by atoms with E-state index in [4.69, 9.17) is 5.73 Å². The van der Waals surface area contributed by atoms with Gasteiger partial charge in [0.1, 0.15) is 0 Å². The number of hydrogen-bond donors (Lipinski definition) is 1. The maximum absolute atomic E-state index is 12.6. The Bertz CT molecular complexity index is 566. The van der Waals surface area contributed by atoms with E-state index < -0.39 is 5.91 Å². The van der Waals surface area contributed by atoms with Crippen LogP contribution in [0.2, 0.25) is 0 Å². The van der Waals surface area contributed by atoms with Crippen molar-refractivity contribution in [1.29, 1.82) is 0 Å². The zero-order valence-corrected chi connectivity index (χ0v) is 13.5. The van der Waals surface area contributed by atoms with Gasteiger partial charge in [-0.1, -0.05) is 6.42 Å². The van der Waals surface area contributed by atoms with Crippen LogP contribution in [0.3, 0.4) is 0 Å². The first-order valence-corrected chi connectivity index (χ1v) is 8.55. The maximum atomic E-state index is 12.6. The van der Waals surface area contributed by atoms with Crippen LogP contribution in [0.1, 0.15) is 46.4 Å². The van der Waals surface area contributed by atoms with Gasteiger partial charge in [-0.25, -0.2) is 0 Å². The summed E-state index contributed by atoms with van der Waals surface area (Å²) in [5.41, 5.74) is 6.30. The first-order chi connectivity index (χ1) is 11.1. The van der Waals surface area contributed by atoms with Crippen molar-refractivity contribution in [1.82, 2.24) is 9.80 Å². The Kier molecular flexibility index (Phi) is 4.96. The fourth-order valence-corrected chi connectivity index (χ4v) is 3.36. The van der Waals surface area contributed by atoms with Gasteiger partial charge in [0, 0.05) is 37.3 Å². The molecule has 1 aliphatic carbocycles. The molecule has 0 aromatic heterocycles. The highest BCUT2D eigenvalue weighted by atomic mass is 16.2. The van der Waals surface area contributed by atoms with E-state index in [1.54, 1.807) is 24.3 Å². The van der Waals surface area contributed by atoms with E-state index >= 15 is 0 Å². The number of benzene rings is 1. The van der Waals surface area contributed by atoms with Crippen molar-refractivity contribution >= 4 is 11.8 Å². The number of amides is 2. The van der Waals surface area contributed by atoms with Gasteiger partial charge in [-0.3, -0.25) is 9.59 Å². The summed E-state index contributed by atoms with van der Waals surface area (Å²) < 4.78 is 0. The summed E-state index contributed by atoms with van der Waals surface area (Å²) in [7, 11) is 0. The molecule has 0 bridgehead atoms. The second kappa shape index (κ2) is 7.13. The van der Waals surface area contributed by atoms with Crippen molar-refractivity contribution in [3.8, 4) is 0 Å². The highest BCUT2D eigenvalue weighted by molar-refractivity contribution is 5.97. The second-order valence-corrected chi connectivity index (χ2v) is 6.68. The molecule has 1 aromatic rings. The van der Waals surface area contributed by atoms with Gasteiger partial charge in [-0.05, 0) is 56.0 Å². The lowest BCUT2D eigenvalue weighted by Crippen LogP contribution is -2.37. The largest absolute Gasteiger partial charge is 0.366 e. The van der Waals surface area contributed by atoms with Crippen molar-refractivity contribution in [3.05, 3.63) is 35.4 Å². The minimum atomic E-state index is -0.467. The first kappa shape index (κ1) is 16.0. The topological polar surface area (TPSA) is 66.6 Å². The third-order valence-corrected chi connectivity index (χ3v) is 5.03. The van der Waals surface area contributed by atoms with E-state index in [9.17, 15) is 9.59 Å². The summed E-state index contributed by atoms with van der Waals surface area (Å²) in [4.78, 5) is 28.2.